The zero-order valence-corrected chi connectivity index (χ0v) is 26.4. The van der Waals surface area contributed by atoms with E-state index < -0.39 is 27.8 Å². The van der Waals surface area contributed by atoms with Gasteiger partial charge in [0.25, 0.3) is 11.8 Å². The molecule has 1 saturated carbocycles. The number of anilines is 3. The lowest BCUT2D eigenvalue weighted by molar-refractivity contribution is -0.140. The average molecular weight is 644 g/mol. The Morgan fingerprint density at radius 3 is 2.24 bits per heavy atom. The standard InChI is InChI=1S/C32H39F2N5O5S/c1-22(40)44-18-12-35-45(42,43)25-3-4-26(27(21-25)38-14-8-31(6-7-31)9-15-38)30(41)36-24-19-23-5-13-37(2)29(23)28(20-24)39-16-10-32(33,34)11-17-39/h3-5,13,19-21,35H,6-12,14-18H2,1-2H3,(H,36,41). The number of fused-ring (bicyclic) bond motifs is 1. The molecule has 3 heterocycles. The highest BCUT2D eigenvalue weighted by Crippen LogP contribution is 2.54. The zero-order valence-electron chi connectivity index (χ0n) is 25.6. The molecule has 1 aromatic heterocycles. The number of nitrogens with one attached hydrogen (secondary N) is 2. The van der Waals surface area contributed by atoms with Gasteiger partial charge in [-0.15, -0.1) is 0 Å². The summed E-state index contributed by atoms with van der Waals surface area (Å²) in [5.74, 6) is -3.58. The van der Waals surface area contributed by atoms with Crippen LogP contribution >= 0.6 is 0 Å². The van der Waals surface area contributed by atoms with Gasteiger partial charge in [-0.3, -0.25) is 9.59 Å². The van der Waals surface area contributed by atoms with Crippen molar-refractivity contribution in [2.75, 3.05) is 54.4 Å². The van der Waals surface area contributed by atoms with Crippen LogP contribution in [0.2, 0.25) is 0 Å². The fourth-order valence-corrected chi connectivity index (χ4v) is 7.52. The predicted octanol–water partition coefficient (Wildman–Crippen LogP) is 4.89. The average Bonchev–Trinajstić information content (AvgIpc) is 3.65. The number of hydrogen-bond donors (Lipinski definition) is 2. The lowest BCUT2D eigenvalue weighted by atomic mass is 9.93. The molecule has 0 radical (unpaired) electrons. The van der Waals surface area contributed by atoms with Crippen LogP contribution in [-0.2, 0) is 26.6 Å². The first-order valence-electron chi connectivity index (χ1n) is 15.4. The number of rotatable bonds is 9. The van der Waals surface area contributed by atoms with Crippen LogP contribution in [0.1, 0.15) is 55.8 Å². The zero-order chi connectivity index (χ0) is 32.0. The molecule has 0 unspecified atom stereocenters. The number of ether oxygens (including phenoxy) is 1. The summed E-state index contributed by atoms with van der Waals surface area (Å²) in [5.41, 5.74) is 3.45. The van der Waals surface area contributed by atoms with E-state index in [1.807, 2.05) is 40.9 Å². The van der Waals surface area contributed by atoms with E-state index in [9.17, 15) is 26.8 Å². The number of halogens is 2. The van der Waals surface area contributed by atoms with Gasteiger partial charge in [0.2, 0.25) is 10.0 Å². The number of aryl methyl sites for hydroxylation is 1. The summed E-state index contributed by atoms with van der Waals surface area (Å²) in [5, 5.41) is 3.88. The molecule has 3 aromatic rings. The van der Waals surface area contributed by atoms with Crippen molar-refractivity contribution in [3.63, 3.8) is 0 Å². The Morgan fingerprint density at radius 2 is 1.58 bits per heavy atom. The first-order valence-corrected chi connectivity index (χ1v) is 16.9. The summed E-state index contributed by atoms with van der Waals surface area (Å²) in [6, 6.07) is 10.1. The lowest BCUT2D eigenvalue weighted by Crippen LogP contribution is -2.39. The van der Waals surface area contributed by atoms with Gasteiger partial charge < -0.3 is 24.4 Å². The molecule has 6 rings (SSSR count). The van der Waals surface area contributed by atoms with Gasteiger partial charge in [0.05, 0.1) is 27.4 Å². The molecule has 3 fully saturated rings. The Bertz CT molecular complexity index is 1720. The third-order valence-corrected chi connectivity index (χ3v) is 10.8. The van der Waals surface area contributed by atoms with Crippen LogP contribution in [0.4, 0.5) is 25.8 Å². The molecule has 1 aliphatic carbocycles. The van der Waals surface area contributed by atoms with Crippen LogP contribution in [0.5, 0.6) is 0 Å². The molecule has 242 valence electrons. The molecule has 1 amide bonds. The number of aromatic nitrogens is 1. The number of sulfonamides is 1. The summed E-state index contributed by atoms with van der Waals surface area (Å²) < 4.78 is 63.4. The number of nitrogens with zero attached hydrogens (tertiary/aromatic N) is 3. The molecule has 10 nitrogen and oxygen atoms in total. The van der Waals surface area contributed by atoms with Crippen molar-refractivity contribution >= 4 is 49.9 Å². The van der Waals surface area contributed by atoms with E-state index in [4.69, 9.17) is 4.74 Å². The van der Waals surface area contributed by atoms with Crippen LogP contribution < -0.4 is 19.8 Å². The van der Waals surface area contributed by atoms with Crippen molar-refractivity contribution < 1.29 is 31.5 Å². The molecule has 45 heavy (non-hydrogen) atoms. The number of carbonyl (C=O) groups excluding carboxylic acids is 2. The quantitative estimate of drug-likeness (QED) is 0.252. The molecule has 2 N–H and O–H groups in total. The highest BCUT2D eigenvalue weighted by atomic mass is 32.2. The van der Waals surface area contributed by atoms with E-state index in [0.717, 1.165) is 29.4 Å². The maximum absolute atomic E-state index is 14.0. The number of amides is 1. The molecule has 0 bridgehead atoms. The molecule has 2 saturated heterocycles. The van der Waals surface area contributed by atoms with Crippen LogP contribution in [-0.4, -0.2) is 70.1 Å². The molecule has 1 spiro atoms. The molecule has 0 atom stereocenters. The topological polar surface area (TPSA) is 113 Å². The Balaban J connectivity index is 1.29. The Labute approximate surface area is 261 Å². The van der Waals surface area contributed by atoms with E-state index >= 15 is 0 Å². The van der Waals surface area contributed by atoms with Crippen molar-refractivity contribution in [3.05, 3.63) is 48.2 Å². The lowest BCUT2D eigenvalue weighted by Gasteiger charge is -2.35. The number of hydrogen-bond acceptors (Lipinski definition) is 7. The summed E-state index contributed by atoms with van der Waals surface area (Å²) >= 11 is 0. The van der Waals surface area contributed by atoms with Crippen molar-refractivity contribution in [1.29, 1.82) is 0 Å². The minimum absolute atomic E-state index is 0.0125. The maximum Gasteiger partial charge on any atom is 0.302 e. The van der Waals surface area contributed by atoms with Crippen LogP contribution in [0, 0.1) is 5.41 Å². The highest BCUT2D eigenvalue weighted by molar-refractivity contribution is 7.89. The Hall–Kier alpha value is -3.71. The second-order valence-corrected chi connectivity index (χ2v) is 14.3. The minimum atomic E-state index is -3.94. The Kier molecular flexibility index (Phi) is 8.27. The van der Waals surface area contributed by atoms with Gasteiger partial charge in [0.15, 0.2) is 0 Å². The van der Waals surface area contributed by atoms with Gasteiger partial charge in [0, 0.05) is 76.8 Å². The van der Waals surface area contributed by atoms with Gasteiger partial charge in [-0.25, -0.2) is 21.9 Å². The highest BCUT2D eigenvalue weighted by Gasteiger charge is 2.44. The molecule has 3 aliphatic rings. The second kappa shape index (κ2) is 11.9. The third kappa shape index (κ3) is 6.79. The van der Waals surface area contributed by atoms with Crippen molar-refractivity contribution in [3.8, 4) is 0 Å². The number of carbonyl (C=O) groups is 2. The van der Waals surface area contributed by atoms with Crippen LogP contribution in [0.3, 0.4) is 0 Å². The smallest absolute Gasteiger partial charge is 0.302 e. The normalized spacial score (nSPS) is 19.1. The fraction of sp³-hybridized carbons (Fsp3) is 0.500. The van der Waals surface area contributed by atoms with E-state index in [0.29, 0.717) is 35.4 Å². The van der Waals surface area contributed by atoms with Crippen LogP contribution in [0.15, 0.2) is 47.5 Å². The maximum atomic E-state index is 14.0. The monoisotopic (exact) mass is 643 g/mol. The predicted molar refractivity (Wildman–Crippen MR) is 169 cm³/mol. The summed E-state index contributed by atoms with van der Waals surface area (Å²) in [7, 11) is -2.04. The first-order chi connectivity index (χ1) is 21.3. The van der Waals surface area contributed by atoms with Gasteiger partial charge in [0.1, 0.15) is 6.61 Å². The summed E-state index contributed by atoms with van der Waals surface area (Å²) in [6.45, 7) is 2.91. The van der Waals surface area contributed by atoms with Gasteiger partial charge >= 0.3 is 5.97 Å². The van der Waals surface area contributed by atoms with Crippen LogP contribution in [0.25, 0.3) is 10.9 Å². The molecule has 2 aromatic carbocycles. The molecular weight excluding hydrogens is 604 g/mol. The SMILES string of the molecule is CC(=O)OCCNS(=O)(=O)c1ccc(C(=O)Nc2cc(N3CCC(F)(F)CC3)c3c(ccn3C)c2)c(N2CCC3(CC2)CC3)c1. The molecular formula is C32H39F2N5O5S. The second-order valence-electron chi connectivity index (χ2n) is 12.6. The summed E-state index contributed by atoms with van der Waals surface area (Å²) in [6.07, 6.45) is 5.80. The largest absolute Gasteiger partial charge is 0.464 e. The van der Waals surface area contributed by atoms with E-state index in [1.165, 1.54) is 38.0 Å². The number of alkyl halides is 2. The first kappa shape index (κ1) is 31.3. The summed E-state index contributed by atoms with van der Waals surface area (Å²) in [4.78, 5) is 29.0. The Morgan fingerprint density at radius 1 is 0.911 bits per heavy atom. The number of esters is 1. The van der Waals surface area contributed by atoms with Gasteiger partial charge in [-0.05, 0) is 67.5 Å². The third-order valence-electron chi connectivity index (χ3n) is 9.39. The van der Waals surface area contributed by atoms with E-state index in [1.54, 1.807) is 0 Å². The number of piperidine rings is 2. The van der Waals surface area contributed by atoms with Crippen molar-refractivity contribution in [1.82, 2.24) is 9.29 Å². The van der Waals surface area contributed by atoms with Crippen molar-refractivity contribution in [2.24, 2.45) is 12.5 Å². The van der Waals surface area contributed by atoms with Gasteiger partial charge in [-0.2, -0.15) is 0 Å². The molecule has 13 heteroatoms. The van der Waals surface area contributed by atoms with E-state index in [-0.39, 0.29) is 44.0 Å². The molecule has 2 aliphatic heterocycles. The van der Waals surface area contributed by atoms with Gasteiger partial charge in [-0.1, -0.05) is 0 Å². The fourth-order valence-electron chi connectivity index (χ4n) is 6.49. The van der Waals surface area contributed by atoms with Crippen molar-refractivity contribution in [2.45, 2.75) is 56.3 Å². The minimum Gasteiger partial charge on any atom is -0.464 e. The van der Waals surface area contributed by atoms with E-state index in [2.05, 4.69) is 14.9 Å². The number of benzene rings is 2.